The van der Waals surface area contributed by atoms with Crippen LogP contribution in [0.25, 0.3) is 10.2 Å². The average molecular weight is 325 g/mol. The van der Waals surface area contributed by atoms with Crippen molar-refractivity contribution in [1.29, 1.82) is 0 Å². The highest BCUT2D eigenvalue weighted by atomic mass is 32.1. The van der Waals surface area contributed by atoms with Crippen molar-refractivity contribution >= 4 is 38.5 Å². The summed E-state index contributed by atoms with van der Waals surface area (Å²) >= 11 is 1.40. The number of carbonyl (C=O) groups is 2. The number of anilines is 1. The first-order valence-corrected chi connectivity index (χ1v) is 7.94. The van der Waals surface area contributed by atoms with Gasteiger partial charge in [0, 0.05) is 5.56 Å². The zero-order valence-corrected chi connectivity index (χ0v) is 13.3. The van der Waals surface area contributed by atoms with Gasteiger partial charge in [0.05, 0.1) is 16.8 Å². The molecule has 6 heteroatoms. The molecule has 0 fully saturated rings. The van der Waals surface area contributed by atoms with E-state index in [1.54, 1.807) is 12.1 Å². The Morgan fingerprint density at radius 3 is 2.61 bits per heavy atom. The second-order valence-electron chi connectivity index (χ2n) is 5.03. The Kier molecular flexibility index (Phi) is 4.34. The molecule has 0 bridgehead atoms. The van der Waals surface area contributed by atoms with Crippen LogP contribution in [0.5, 0.6) is 0 Å². The number of aromatic nitrogens is 1. The smallest absolute Gasteiger partial charge is 0.251 e. The molecule has 0 atom stereocenters. The van der Waals surface area contributed by atoms with Gasteiger partial charge in [-0.3, -0.25) is 9.59 Å². The second kappa shape index (κ2) is 6.58. The molecule has 23 heavy (non-hydrogen) atoms. The predicted octanol–water partition coefficient (Wildman–Crippen LogP) is 2.97. The van der Waals surface area contributed by atoms with Gasteiger partial charge >= 0.3 is 0 Å². The van der Waals surface area contributed by atoms with Crippen molar-refractivity contribution in [3.8, 4) is 0 Å². The molecule has 0 spiro atoms. The molecule has 2 N–H and O–H groups in total. The van der Waals surface area contributed by atoms with Gasteiger partial charge in [-0.25, -0.2) is 4.98 Å². The highest BCUT2D eigenvalue weighted by Crippen LogP contribution is 2.25. The van der Waals surface area contributed by atoms with Crippen molar-refractivity contribution in [3.63, 3.8) is 0 Å². The molecule has 5 nitrogen and oxygen atoms in total. The molecule has 1 heterocycles. The first kappa shape index (κ1) is 15.2. The van der Waals surface area contributed by atoms with E-state index in [1.807, 2.05) is 43.3 Å². The minimum atomic E-state index is -0.300. The number of aryl methyl sites for hydroxylation is 1. The highest BCUT2D eigenvalue weighted by Gasteiger charge is 2.11. The number of benzene rings is 2. The summed E-state index contributed by atoms with van der Waals surface area (Å²) in [5.41, 5.74) is 2.29. The summed E-state index contributed by atoms with van der Waals surface area (Å²) in [6, 6.07) is 14.9. The summed E-state index contributed by atoms with van der Waals surface area (Å²) in [5, 5.41) is 5.86. The normalized spacial score (nSPS) is 10.5. The van der Waals surface area contributed by atoms with Gasteiger partial charge in [-0.1, -0.05) is 41.7 Å². The molecule has 0 aliphatic carbocycles. The summed E-state index contributed by atoms with van der Waals surface area (Å²) in [7, 11) is 0. The molecule has 0 aliphatic heterocycles. The van der Waals surface area contributed by atoms with Crippen molar-refractivity contribution in [2.24, 2.45) is 0 Å². The van der Waals surface area contributed by atoms with Crippen LogP contribution >= 0.6 is 11.3 Å². The molecule has 3 aromatic rings. The third-order valence-corrected chi connectivity index (χ3v) is 4.29. The Bertz CT molecular complexity index is 840. The van der Waals surface area contributed by atoms with E-state index in [4.69, 9.17) is 0 Å². The van der Waals surface area contributed by atoms with E-state index in [1.165, 1.54) is 11.3 Å². The molecule has 3 rings (SSSR count). The monoisotopic (exact) mass is 325 g/mol. The van der Waals surface area contributed by atoms with E-state index in [9.17, 15) is 9.59 Å². The maximum Gasteiger partial charge on any atom is 0.251 e. The molecule has 0 saturated carbocycles. The number of rotatable bonds is 4. The van der Waals surface area contributed by atoms with Gasteiger partial charge in [0.1, 0.15) is 0 Å². The fourth-order valence-electron chi connectivity index (χ4n) is 2.17. The van der Waals surface area contributed by atoms with Crippen molar-refractivity contribution < 1.29 is 9.59 Å². The Labute approximate surface area is 137 Å². The standard InChI is InChI=1S/C17H15N3O2S/c1-11-6-2-3-7-12(11)16(22)18-10-15(21)20-17-19-13-8-4-5-9-14(13)23-17/h2-9H,10H2,1H3,(H,18,22)(H,19,20,21). The summed E-state index contributed by atoms with van der Waals surface area (Å²) in [4.78, 5) is 28.3. The number of nitrogens with one attached hydrogen (secondary N) is 2. The first-order valence-electron chi connectivity index (χ1n) is 7.13. The quantitative estimate of drug-likeness (QED) is 0.775. The fourth-order valence-corrected chi connectivity index (χ4v) is 3.05. The zero-order valence-electron chi connectivity index (χ0n) is 12.5. The Hall–Kier alpha value is -2.73. The molecule has 2 amide bonds. The lowest BCUT2D eigenvalue weighted by Gasteiger charge is -2.07. The Morgan fingerprint density at radius 2 is 1.83 bits per heavy atom. The van der Waals surface area contributed by atoms with E-state index in [-0.39, 0.29) is 18.4 Å². The van der Waals surface area contributed by atoms with Crippen LogP contribution in [0.2, 0.25) is 0 Å². The minimum absolute atomic E-state index is 0.0942. The van der Waals surface area contributed by atoms with Crippen LogP contribution in [-0.2, 0) is 4.79 Å². The average Bonchev–Trinajstić information content (AvgIpc) is 2.95. The molecule has 0 unspecified atom stereocenters. The number of hydrogen-bond acceptors (Lipinski definition) is 4. The van der Waals surface area contributed by atoms with Gasteiger partial charge in [0.2, 0.25) is 5.91 Å². The van der Waals surface area contributed by atoms with E-state index in [2.05, 4.69) is 15.6 Å². The van der Waals surface area contributed by atoms with E-state index in [0.29, 0.717) is 10.7 Å². The molecular formula is C17H15N3O2S. The molecular weight excluding hydrogens is 310 g/mol. The number of nitrogens with zero attached hydrogens (tertiary/aromatic N) is 1. The van der Waals surface area contributed by atoms with Crippen molar-refractivity contribution in [1.82, 2.24) is 10.3 Å². The van der Waals surface area contributed by atoms with Crippen LogP contribution in [0.4, 0.5) is 5.13 Å². The van der Waals surface area contributed by atoms with Gasteiger partial charge in [-0.15, -0.1) is 0 Å². The van der Waals surface area contributed by atoms with Crippen molar-refractivity contribution in [3.05, 3.63) is 59.7 Å². The number of thiazole rings is 1. The lowest BCUT2D eigenvalue weighted by molar-refractivity contribution is -0.115. The number of hydrogen-bond donors (Lipinski definition) is 2. The summed E-state index contributed by atoms with van der Waals surface area (Å²) in [6.45, 7) is 1.76. The van der Waals surface area contributed by atoms with Gasteiger partial charge in [0.15, 0.2) is 5.13 Å². The van der Waals surface area contributed by atoms with Crippen LogP contribution in [0.1, 0.15) is 15.9 Å². The largest absolute Gasteiger partial charge is 0.343 e. The minimum Gasteiger partial charge on any atom is -0.343 e. The van der Waals surface area contributed by atoms with Gasteiger partial charge in [-0.05, 0) is 30.7 Å². The van der Waals surface area contributed by atoms with Crippen LogP contribution < -0.4 is 10.6 Å². The van der Waals surface area contributed by atoms with Crippen molar-refractivity contribution in [2.45, 2.75) is 6.92 Å². The SMILES string of the molecule is Cc1ccccc1C(=O)NCC(=O)Nc1nc2ccccc2s1. The lowest BCUT2D eigenvalue weighted by atomic mass is 10.1. The summed E-state index contributed by atoms with van der Waals surface area (Å²) in [6.07, 6.45) is 0. The van der Waals surface area contributed by atoms with E-state index < -0.39 is 0 Å². The Balaban J connectivity index is 1.59. The van der Waals surface area contributed by atoms with Crippen LogP contribution in [-0.4, -0.2) is 23.3 Å². The van der Waals surface area contributed by atoms with Crippen LogP contribution in [0.15, 0.2) is 48.5 Å². The molecule has 116 valence electrons. The third kappa shape index (κ3) is 3.54. The molecule has 2 aromatic carbocycles. The maximum absolute atomic E-state index is 12.1. The zero-order chi connectivity index (χ0) is 16.2. The first-order chi connectivity index (χ1) is 11.1. The van der Waals surface area contributed by atoms with E-state index in [0.717, 1.165) is 15.8 Å². The van der Waals surface area contributed by atoms with Gasteiger partial charge in [0.25, 0.3) is 5.91 Å². The third-order valence-electron chi connectivity index (χ3n) is 3.34. The second-order valence-corrected chi connectivity index (χ2v) is 6.06. The molecule has 0 radical (unpaired) electrons. The van der Waals surface area contributed by atoms with Crippen molar-refractivity contribution in [2.75, 3.05) is 11.9 Å². The molecule has 1 aromatic heterocycles. The number of amides is 2. The van der Waals surface area contributed by atoms with Crippen LogP contribution in [0.3, 0.4) is 0 Å². The van der Waals surface area contributed by atoms with Gasteiger partial charge in [-0.2, -0.15) is 0 Å². The van der Waals surface area contributed by atoms with Crippen LogP contribution in [0, 0.1) is 6.92 Å². The number of carbonyl (C=O) groups excluding carboxylic acids is 2. The lowest BCUT2D eigenvalue weighted by Crippen LogP contribution is -2.33. The molecule has 0 aliphatic rings. The molecule has 0 saturated heterocycles. The maximum atomic E-state index is 12.1. The number of para-hydroxylation sites is 1. The topological polar surface area (TPSA) is 71.1 Å². The summed E-state index contributed by atoms with van der Waals surface area (Å²) in [5.74, 6) is -0.562. The van der Waals surface area contributed by atoms with Gasteiger partial charge < -0.3 is 10.6 Å². The summed E-state index contributed by atoms with van der Waals surface area (Å²) < 4.78 is 1.01. The predicted molar refractivity (Wildman–Crippen MR) is 91.8 cm³/mol. The highest BCUT2D eigenvalue weighted by molar-refractivity contribution is 7.22. The van der Waals surface area contributed by atoms with E-state index >= 15 is 0 Å². The Morgan fingerprint density at radius 1 is 1.09 bits per heavy atom. The number of fused-ring (bicyclic) bond motifs is 1. The fraction of sp³-hybridized carbons (Fsp3) is 0.118.